The van der Waals surface area contributed by atoms with Crippen LogP contribution in [0.4, 0.5) is 0 Å². The number of hydrogen-bond donors (Lipinski definition) is 1. The number of rotatable bonds is 8. The van der Waals surface area contributed by atoms with Gasteiger partial charge in [-0.05, 0) is 92.4 Å². The summed E-state index contributed by atoms with van der Waals surface area (Å²) in [6.07, 6.45) is 0.620. The van der Waals surface area contributed by atoms with Crippen molar-refractivity contribution in [3.63, 3.8) is 0 Å². The molecule has 0 amide bonds. The molecule has 0 unspecified atom stereocenters. The van der Waals surface area contributed by atoms with Gasteiger partial charge in [0.1, 0.15) is 0 Å². The summed E-state index contributed by atoms with van der Waals surface area (Å²) in [5.41, 5.74) is 10.1. The Morgan fingerprint density at radius 2 is 1.44 bits per heavy atom. The van der Waals surface area contributed by atoms with E-state index in [0.717, 1.165) is 71.6 Å². The first kappa shape index (κ1) is 32.4. The Morgan fingerprint density at radius 1 is 0.792 bits per heavy atom. The maximum atomic E-state index is 14.5. The molecule has 0 spiro atoms. The van der Waals surface area contributed by atoms with Crippen molar-refractivity contribution in [1.82, 2.24) is 4.57 Å². The van der Waals surface area contributed by atoms with Gasteiger partial charge in [-0.2, -0.15) is 0 Å². The van der Waals surface area contributed by atoms with Crippen LogP contribution >= 0.6 is 0 Å². The van der Waals surface area contributed by atoms with E-state index in [1.165, 1.54) is 6.92 Å². The zero-order valence-electron chi connectivity index (χ0n) is 28.4. The molecule has 0 aliphatic heterocycles. The van der Waals surface area contributed by atoms with Gasteiger partial charge in [0.2, 0.25) is 0 Å². The molecule has 0 saturated heterocycles. The number of benzene rings is 5. The first-order chi connectivity index (χ1) is 23.0. The Hall–Kier alpha value is -5.56. The number of nitrogens with zero attached hydrogens (tertiary/aromatic N) is 3. The number of hydrogen-bond acceptors (Lipinski definition) is 6. The van der Waals surface area contributed by atoms with Crippen LogP contribution in [0.5, 0.6) is 0 Å². The van der Waals surface area contributed by atoms with Gasteiger partial charge in [-0.25, -0.2) is 4.79 Å². The summed E-state index contributed by atoms with van der Waals surface area (Å²) < 4.78 is 2.22. The fourth-order valence-corrected chi connectivity index (χ4v) is 6.82. The molecule has 0 bridgehead atoms. The fraction of sp³-hybridized carbons (Fsp3) is 0.220. The molecule has 1 aromatic heterocycles. The second kappa shape index (κ2) is 12.9. The van der Waals surface area contributed by atoms with E-state index in [1.54, 1.807) is 6.92 Å². The highest BCUT2D eigenvalue weighted by Crippen LogP contribution is 2.40. The summed E-state index contributed by atoms with van der Waals surface area (Å²) in [5, 5.41) is 21.3. The number of aryl methyl sites for hydroxylation is 3. The van der Waals surface area contributed by atoms with Gasteiger partial charge in [0.25, 0.3) is 0 Å². The summed E-state index contributed by atoms with van der Waals surface area (Å²) in [7, 11) is 0. The molecule has 0 aliphatic carbocycles. The number of aromatic nitrogens is 1. The largest absolute Gasteiger partial charge is 0.411 e. The number of oxime groups is 2. The smallest absolute Gasteiger partial charge is 0.331 e. The minimum atomic E-state index is -0.476. The third-order valence-corrected chi connectivity index (χ3v) is 8.83. The van der Waals surface area contributed by atoms with Gasteiger partial charge >= 0.3 is 5.97 Å². The molecule has 1 heterocycles. The molecular weight excluding hydrogens is 598 g/mol. The second-order valence-corrected chi connectivity index (χ2v) is 13.0. The molecule has 7 nitrogen and oxygen atoms in total. The van der Waals surface area contributed by atoms with Gasteiger partial charge in [-0.1, -0.05) is 84.3 Å². The van der Waals surface area contributed by atoms with E-state index in [1.807, 2.05) is 75.4 Å². The van der Waals surface area contributed by atoms with Crippen molar-refractivity contribution >= 4 is 55.8 Å². The highest BCUT2D eigenvalue weighted by Gasteiger charge is 2.23. The van der Waals surface area contributed by atoms with Crippen LogP contribution in [0.15, 0.2) is 95.2 Å². The number of ketones is 1. The third-order valence-electron chi connectivity index (χ3n) is 8.83. The van der Waals surface area contributed by atoms with Crippen LogP contribution in [0, 0.1) is 26.7 Å². The standard InChI is InChI=1S/C41H39N3O4/c1-23(2)18-37(42-47)30-14-17-38-34(21-30)35-22-36(41(46)39-25(4)19-24(3)20-26(39)5)32-10-8-9-11-33(32)40(35)44(38)31-15-12-29(13-16-31)27(6)43-48-28(7)45/h8-17,19-23,47H,18H2,1-7H3/b42-37+,43-27-. The van der Waals surface area contributed by atoms with E-state index < -0.39 is 5.97 Å². The SMILES string of the molecule is CC(=O)O/N=C(/C)c1ccc(-n2c3ccc(/C(CC(C)C)=N/O)cc3c3cc(C(=O)c4c(C)cc(C)cc4C)c4ccccc4c32)cc1. The number of carbonyl (C=O) groups excluding carboxylic acids is 2. The zero-order valence-corrected chi connectivity index (χ0v) is 28.4. The van der Waals surface area contributed by atoms with Gasteiger partial charge in [-0.15, -0.1) is 0 Å². The minimum Gasteiger partial charge on any atom is -0.411 e. The molecule has 6 rings (SSSR count). The van der Waals surface area contributed by atoms with Crippen LogP contribution in [0.25, 0.3) is 38.3 Å². The molecular formula is C41H39N3O4. The van der Waals surface area contributed by atoms with E-state index in [4.69, 9.17) is 4.84 Å². The summed E-state index contributed by atoms with van der Waals surface area (Å²) >= 11 is 0. The van der Waals surface area contributed by atoms with Crippen LogP contribution in [0.2, 0.25) is 0 Å². The van der Waals surface area contributed by atoms with Crippen molar-refractivity contribution in [2.75, 3.05) is 0 Å². The summed E-state index contributed by atoms with van der Waals surface area (Å²) in [6.45, 7) is 13.3. The average molecular weight is 638 g/mol. The van der Waals surface area contributed by atoms with Crippen molar-refractivity contribution in [3.05, 3.63) is 124 Å². The van der Waals surface area contributed by atoms with E-state index in [0.29, 0.717) is 29.3 Å². The predicted molar refractivity (Wildman–Crippen MR) is 194 cm³/mol. The Labute approximate surface area is 280 Å². The topological polar surface area (TPSA) is 93.2 Å². The molecule has 242 valence electrons. The van der Waals surface area contributed by atoms with Crippen molar-refractivity contribution < 1.29 is 19.6 Å². The Kier molecular flexibility index (Phi) is 8.71. The Morgan fingerprint density at radius 3 is 2.06 bits per heavy atom. The third kappa shape index (κ3) is 5.88. The monoisotopic (exact) mass is 637 g/mol. The highest BCUT2D eigenvalue weighted by molar-refractivity contribution is 6.27. The van der Waals surface area contributed by atoms with E-state index >= 15 is 0 Å². The van der Waals surface area contributed by atoms with Crippen LogP contribution in [0.3, 0.4) is 0 Å². The molecule has 0 radical (unpaired) electrons. The lowest BCUT2D eigenvalue weighted by atomic mass is 9.89. The van der Waals surface area contributed by atoms with Gasteiger partial charge in [0.15, 0.2) is 5.78 Å². The molecule has 6 aromatic rings. The van der Waals surface area contributed by atoms with Crippen LogP contribution in [-0.4, -0.2) is 33.0 Å². The highest BCUT2D eigenvalue weighted by atomic mass is 16.7. The molecule has 1 N–H and O–H groups in total. The lowest BCUT2D eigenvalue weighted by molar-refractivity contribution is -0.140. The van der Waals surface area contributed by atoms with Gasteiger partial charge in [0.05, 0.1) is 22.5 Å². The van der Waals surface area contributed by atoms with Gasteiger partial charge in [0, 0.05) is 45.5 Å². The normalized spacial score (nSPS) is 12.4. The minimum absolute atomic E-state index is 0.00975. The lowest BCUT2D eigenvalue weighted by Crippen LogP contribution is -2.08. The van der Waals surface area contributed by atoms with E-state index in [2.05, 4.69) is 59.1 Å². The summed E-state index contributed by atoms with van der Waals surface area (Å²) in [4.78, 5) is 30.7. The molecule has 7 heteroatoms. The van der Waals surface area contributed by atoms with Crippen LogP contribution in [0.1, 0.15) is 77.9 Å². The van der Waals surface area contributed by atoms with Crippen LogP contribution in [-0.2, 0) is 9.63 Å². The number of fused-ring (bicyclic) bond motifs is 5. The van der Waals surface area contributed by atoms with Crippen molar-refractivity contribution in [2.24, 2.45) is 16.2 Å². The van der Waals surface area contributed by atoms with E-state index in [9.17, 15) is 14.8 Å². The second-order valence-electron chi connectivity index (χ2n) is 13.0. The molecule has 0 aliphatic rings. The lowest BCUT2D eigenvalue weighted by Gasteiger charge is -2.15. The first-order valence-electron chi connectivity index (χ1n) is 16.1. The summed E-state index contributed by atoms with van der Waals surface area (Å²) in [6, 6.07) is 28.3. The average Bonchev–Trinajstić information content (AvgIpc) is 3.39. The van der Waals surface area contributed by atoms with Crippen molar-refractivity contribution in [2.45, 2.75) is 54.9 Å². The van der Waals surface area contributed by atoms with E-state index in [-0.39, 0.29) is 5.78 Å². The first-order valence-corrected chi connectivity index (χ1v) is 16.1. The maximum absolute atomic E-state index is 14.5. The summed E-state index contributed by atoms with van der Waals surface area (Å²) in [5.74, 6) is -0.186. The predicted octanol–water partition coefficient (Wildman–Crippen LogP) is 9.60. The van der Waals surface area contributed by atoms with Crippen molar-refractivity contribution in [1.29, 1.82) is 0 Å². The zero-order chi connectivity index (χ0) is 34.3. The van der Waals surface area contributed by atoms with Gasteiger partial charge < -0.3 is 14.6 Å². The molecule has 0 saturated carbocycles. The molecule has 0 fully saturated rings. The van der Waals surface area contributed by atoms with Gasteiger partial charge in [-0.3, -0.25) is 4.79 Å². The Balaban J connectivity index is 1.67. The molecule has 0 atom stereocenters. The van der Waals surface area contributed by atoms with Crippen molar-refractivity contribution in [3.8, 4) is 5.69 Å². The maximum Gasteiger partial charge on any atom is 0.331 e. The number of carbonyl (C=O) groups is 2. The molecule has 48 heavy (non-hydrogen) atoms. The quantitative estimate of drug-likeness (QED) is 0.0591. The fourth-order valence-electron chi connectivity index (χ4n) is 6.82. The van der Waals surface area contributed by atoms with Crippen LogP contribution < -0.4 is 0 Å². The molecule has 5 aromatic carbocycles. The Bertz CT molecular complexity index is 2280.